The molecule has 0 aliphatic rings. The van der Waals surface area contributed by atoms with E-state index in [0.29, 0.717) is 17.4 Å². The van der Waals surface area contributed by atoms with E-state index in [2.05, 4.69) is 31.3 Å². The maximum atomic E-state index is 12.3. The Labute approximate surface area is 137 Å². The predicted molar refractivity (Wildman–Crippen MR) is 91.9 cm³/mol. The van der Waals surface area contributed by atoms with Gasteiger partial charge in [0, 0.05) is 5.02 Å². The molecule has 0 aromatic heterocycles. The molecule has 0 aliphatic heterocycles. The van der Waals surface area contributed by atoms with E-state index in [1.807, 2.05) is 42.5 Å². The van der Waals surface area contributed by atoms with Gasteiger partial charge in [-0.25, -0.2) is 0 Å². The number of rotatable bonds is 6. The second kappa shape index (κ2) is 8.00. The Balaban J connectivity index is 2.05. The predicted octanol–water partition coefficient (Wildman–Crippen LogP) is 4.79. The van der Waals surface area contributed by atoms with E-state index in [1.165, 1.54) is 0 Å². The van der Waals surface area contributed by atoms with Crippen LogP contribution in [0.2, 0.25) is 5.02 Å². The van der Waals surface area contributed by atoms with Gasteiger partial charge in [-0.05, 0) is 35.6 Å². The molecule has 0 heterocycles. The highest BCUT2D eigenvalue weighted by atomic mass is 35.5. The van der Waals surface area contributed by atoms with E-state index >= 15 is 0 Å². The third kappa shape index (κ3) is 5.19. The maximum absolute atomic E-state index is 12.3. The minimum atomic E-state index is 0.0248. The molecular weight excluding hydrogens is 294 g/mol. The molecule has 0 radical (unpaired) electrons. The number of halogens is 1. The molecule has 3 heteroatoms. The van der Waals surface area contributed by atoms with Gasteiger partial charge in [-0.3, -0.25) is 4.79 Å². The summed E-state index contributed by atoms with van der Waals surface area (Å²) in [4.78, 5) is 12.3. The average molecular weight is 316 g/mol. The van der Waals surface area contributed by atoms with Crippen LogP contribution in [0.25, 0.3) is 0 Å². The van der Waals surface area contributed by atoms with Gasteiger partial charge in [0.25, 0.3) is 0 Å². The first kappa shape index (κ1) is 16.6. The van der Waals surface area contributed by atoms with Crippen LogP contribution in [0.3, 0.4) is 0 Å². The first-order valence-corrected chi connectivity index (χ1v) is 8.01. The van der Waals surface area contributed by atoms with Crippen LogP contribution in [0.4, 0.5) is 0 Å². The number of carbonyl (C=O) groups is 1. The highest BCUT2D eigenvalue weighted by Crippen LogP contribution is 2.21. The Morgan fingerprint density at radius 1 is 1.09 bits per heavy atom. The lowest BCUT2D eigenvalue weighted by Crippen LogP contribution is -2.30. The van der Waals surface area contributed by atoms with Crippen LogP contribution < -0.4 is 5.32 Å². The van der Waals surface area contributed by atoms with E-state index < -0.39 is 0 Å². The van der Waals surface area contributed by atoms with Crippen LogP contribution in [0.1, 0.15) is 37.4 Å². The minimum Gasteiger partial charge on any atom is -0.349 e. The summed E-state index contributed by atoms with van der Waals surface area (Å²) in [6, 6.07) is 17.6. The van der Waals surface area contributed by atoms with Crippen LogP contribution in [-0.2, 0) is 11.2 Å². The summed E-state index contributed by atoms with van der Waals surface area (Å²) in [7, 11) is 0. The fourth-order valence-corrected chi connectivity index (χ4v) is 2.73. The summed E-state index contributed by atoms with van der Waals surface area (Å²) in [5.41, 5.74) is 2.08. The maximum Gasteiger partial charge on any atom is 0.224 e. The molecule has 0 aliphatic carbocycles. The molecular formula is C19H22ClNO. The van der Waals surface area contributed by atoms with Gasteiger partial charge in [-0.1, -0.05) is 67.9 Å². The van der Waals surface area contributed by atoms with Gasteiger partial charge in [-0.15, -0.1) is 0 Å². The average Bonchev–Trinajstić information content (AvgIpc) is 2.47. The van der Waals surface area contributed by atoms with E-state index in [9.17, 15) is 4.79 Å². The molecule has 2 rings (SSSR count). The fraction of sp³-hybridized carbons (Fsp3) is 0.316. The highest BCUT2D eigenvalue weighted by molar-refractivity contribution is 6.30. The van der Waals surface area contributed by atoms with Gasteiger partial charge in [0.1, 0.15) is 0 Å². The van der Waals surface area contributed by atoms with Gasteiger partial charge in [0.15, 0.2) is 0 Å². The lowest BCUT2D eigenvalue weighted by molar-refractivity contribution is -0.121. The largest absolute Gasteiger partial charge is 0.349 e. The van der Waals surface area contributed by atoms with Gasteiger partial charge < -0.3 is 5.32 Å². The zero-order chi connectivity index (χ0) is 15.9. The van der Waals surface area contributed by atoms with Crippen LogP contribution >= 0.6 is 11.6 Å². The zero-order valence-corrected chi connectivity index (χ0v) is 13.8. The van der Waals surface area contributed by atoms with Crippen LogP contribution in [-0.4, -0.2) is 5.91 Å². The summed E-state index contributed by atoms with van der Waals surface area (Å²) >= 11 is 5.97. The first-order chi connectivity index (χ1) is 10.5. The van der Waals surface area contributed by atoms with E-state index in [1.54, 1.807) is 0 Å². The van der Waals surface area contributed by atoms with Gasteiger partial charge in [0.2, 0.25) is 5.91 Å². The monoisotopic (exact) mass is 315 g/mol. The molecule has 2 aromatic carbocycles. The van der Waals surface area contributed by atoms with E-state index in [4.69, 9.17) is 11.6 Å². The Morgan fingerprint density at radius 2 is 1.82 bits per heavy atom. The van der Waals surface area contributed by atoms with Crippen molar-refractivity contribution in [3.63, 3.8) is 0 Å². The van der Waals surface area contributed by atoms with Gasteiger partial charge in [-0.2, -0.15) is 0 Å². The van der Waals surface area contributed by atoms with Crippen molar-refractivity contribution in [2.24, 2.45) is 5.92 Å². The second-order valence-corrected chi connectivity index (χ2v) is 6.40. The van der Waals surface area contributed by atoms with Crippen molar-refractivity contribution in [2.45, 2.75) is 32.7 Å². The molecule has 0 saturated heterocycles. The Morgan fingerprint density at radius 3 is 2.45 bits per heavy atom. The van der Waals surface area contributed by atoms with Crippen LogP contribution in [0, 0.1) is 5.92 Å². The Bertz CT molecular complexity index is 610. The normalized spacial score (nSPS) is 12.2. The molecule has 22 heavy (non-hydrogen) atoms. The molecule has 1 N–H and O–H groups in total. The molecule has 116 valence electrons. The van der Waals surface area contributed by atoms with Crippen molar-refractivity contribution < 1.29 is 4.79 Å². The minimum absolute atomic E-state index is 0.0248. The number of amides is 1. The topological polar surface area (TPSA) is 29.1 Å². The lowest BCUT2D eigenvalue weighted by Gasteiger charge is -2.21. The van der Waals surface area contributed by atoms with Crippen molar-refractivity contribution in [1.29, 1.82) is 0 Å². The summed E-state index contributed by atoms with van der Waals surface area (Å²) in [5.74, 6) is 0.536. The van der Waals surface area contributed by atoms with Crippen molar-refractivity contribution in [2.75, 3.05) is 0 Å². The molecule has 0 spiro atoms. The van der Waals surface area contributed by atoms with Crippen molar-refractivity contribution in [1.82, 2.24) is 5.32 Å². The summed E-state index contributed by atoms with van der Waals surface area (Å²) < 4.78 is 0. The molecule has 2 aromatic rings. The number of hydrogen-bond acceptors (Lipinski definition) is 1. The SMILES string of the molecule is CC(C)C[C@H](NC(=O)Cc1cccc(Cl)c1)c1ccccc1. The van der Waals surface area contributed by atoms with Crippen molar-refractivity contribution in [3.05, 3.63) is 70.7 Å². The lowest BCUT2D eigenvalue weighted by atomic mass is 9.96. The molecule has 2 nitrogen and oxygen atoms in total. The number of benzene rings is 2. The molecule has 1 atom stereocenters. The quantitative estimate of drug-likeness (QED) is 0.816. The fourth-order valence-electron chi connectivity index (χ4n) is 2.51. The van der Waals surface area contributed by atoms with Gasteiger partial charge in [0.05, 0.1) is 12.5 Å². The summed E-state index contributed by atoms with van der Waals surface area (Å²) in [6.07, 6.45) is 1.27. The number of carbonyl (C=O) groups excluding carboxylic acids is 1. The number of nitrogens with one attached hydrogen (secondary N) is 1. The van der Waals surface area contributed by atoms with Gasteiger partial charge >= 0.3 is 0 Å². The standard InChI is InChI=1S/C19H22ClNO/c1-14(2)11-18(16-8-4-3-5-9-16)21-19(22)13-15-7-6-10-17(20)12-15/h3-10,12,14,18H,11,13H2,1-2H3,(H,21,22)/t18-/m0/s1. The molecule has 0 unspecified atom stereocenters. The van der Waals surface area contributed by atoms with E-state index in [-0.39, 0.29) is 11.9 Å². The Kier molecular flexibility index (Phi) is 6.02. The zero-order valence-electron chi connectivity index (χ0n) is 13.1. The number of hydrogen-bond donors (Lipinski definition) is 1. The summed E-state index contributed by atoms with van der Waals surface area (Å²) in [5, 5.41) is 3.81. The molecule has 0 saturated carbocycles. The van der Waals surface area contributed by atoms with Crippen LogP contribution in [0.5, 0.6) is 0 Å². The smallest absolute Gasteiger partial charge is 0.224 e. The third-order valence-electron chi connectivity index (χ3n) is 3.50. The summed E-state index contributed by atoms with van der Waals surface area (Å²) in [6.45, 7) is 4.33. The Hall–Kier alpha value is -1.80. The van der Waals surface area contributed by atoms with Crippen LogP contribution in [0.15, 0.2) is 54.6 Å². The molecule has 0 fully saturated rings. The van der Waals surface area contributed by atoms with Crippen molar-refractivity contribution in [3.8, 4) is 0 Å². The third-order valence-corrected chi connectivity index (χ3v) is 3.73. The highest BCUT2D eigenvalue weighted by Gasteiger charge is 2.16. The van der Waals surface area contributed by atoms with Crippen molar-refractivity contribution >= 4 is 17.5 Å². The van der Waals surface area contributed by atoms with E-state index in [0.717, 1.165) is 17.5 Å². The first-order valence-electron chi connectivity index (χ1n) is 7.63. The molecule has 1 amide bonds. The molecule has 0 bridgehead atoms. The second-order valence-electron chi connectivity index (χ2n) is 5.97.